The Bertz CT molecular complexity index is 504. The molecule has 0 atom stereocenters. The molecular weight excluding hydrogens is 216 g/mol. The average molecular weight is 230 g/mol. The molecule has 0 spiro atoms. The summed E-state index contributed by atoms with van der Waals surface area (Å²) in [5.41, 5.74) is 7.49. The van der Waals surface area contributed by atoms with Crippen LogP contribution in [0.2, 0.25) is 0 Å². The molecule has 0 unspecified atom stereocenters. The van der Waals surface area contributed by atoms with Gasteiger partial charge in [-0.1, -0.05) is 6.07 Å². The van der Waals surface area contributed by atoms with Gasteiger partial charge < -0.3 is 15.2 Å². The third-order valence-corrected chi connectivity index (χ3v) is 2.50. The summed E-state index contributed by atoms with van der Waals surface area (Å²) in [6.45, 7) is 0. The average Bonchev–Trinajstić information content (AvgIpc) is 2.37. The number of ether oxygens (including phenoxy) is 2. The Hall–Kier alpha value is -2.23. The van der Waals surface area contributed by atoms with Gasteiger partial charge in [0.15, 0.2) is 0 Å². The predicted octanol–water partition coefficient (Wildman–Crippen LogP) is 2.35. The Kier molecular flexibility index (Phi) is 3.14. The number of nitrogens with two attached hydrogens (primary N) is 1. The number of benzene rings is 1. The second-order valence-corrected chi connectivity index (χ2v) is 3.51. The van der Waals surface area contributed by atoms with Crippen LogP contribution in [0.1, 0.15) is 0 Å². The molecule has 88 valence electrons. The van der Waals surface area contributed by atoms with Crippen molar-refractivity contribution in [3.05, 3.63) is 36.5 Å². The molecule has 2 aromatic rings. The lowest BCUT2D eigenvalue weighted by molar-refractivity contribution is 0.397. The minimum absolute atomic E-state index is 0.468. The fourth-order valence-electron chi connectivity index (χ4n) is 1.74. The first-order valence-corrected chi connectivity index (χ1v) is 5.19. The molecule has 0 amide bonds. The summed E-state index contributed by atoms with van der Waals surface area (Å²) in [6.07, 6.45) is 1.66. The molecule has 1 aromatic heterocycles. The summed E-state index contributed by atoms with van der Waals surface area (Å²) >= 11 is 0. The van der Waals surface area contributed by atoms with Crippen molar-refractivity contribution < 1.29 is 9.47 Å². The van der Waals surface area contributed by atoms with Gasteiger partial charge in [-0.15, -0.1) is 0 Å². The number of rotatable bonds is 3. The summed E-state index contributed by atoms with van der Waals surface area (Å²) < 4.78 is 10.7. The maximum absolute atomic E-state index is 5.69. The van der Waals surface area contributed by atoms with Crippen LogP contribution in [0.25, 0.3) is 11.1 Å². The van der Waals surface area contributed by atoms with Crippen LogP contribution in [-0.2, 0) is 0 Å². The van der Waals surface area contributed by atoms with Crippen LogP contribution >= 0.6 is 0 Å². The van der Waals surface area contributed by atoms with Crippen molar-refractivity contribution in [1.29, 1.82) is 0 Å². The second-order valence-electron chi connectivity index (χ2n) is 3.51. The van der Waals surface area contributed by atoms with E-state index in [4.69, 9.17) is 15.2 Å². The van der Waals surface area contributed by atoms with Crippen molar-refractivity contribution in [2.24, 2.45) is 0 Å². The molecule has 0 fully saturated rings. The van der Waals surface area contributed by atoms with E-state index in [1.54, 1.807) is 26.5 Å². The highest BCUT2D eigenvalue weighted by Crippen LogP contribution is 2.38. The lowest BCUT2D eigenvalue weighted by atomic mass is 10.0. The van der Waals surface area contributed by atoms with E-state index in [1.165, 1.54) is 0 Å². The van der Waals surface area contributed by atoms with Crippen LogP contribution in [0.4, 0.5) is 5.82 Å². The van der Waals surface area contributed by atoms with Gasteiger partial charge in [-0.25, -0.2) is 4.98 Å². The summed E-state index contributed by atoms with van der Waals surface area (Å²) in [7, 11) is 3.26. The fraction of sp³-hybridized carbons (Fsp3) is 0.154. The van der Waals surface area contributed by atoms with Crippen LogP contribution in [0.5, 0.6) is 11.5 Å². The standard InChI is InChI=1S/C13H14N2O2/c1-16-10-4-3-5-11(17-2)13(10)9-6-7-15-12(14)8-9/h3-8H,1-2H3,(H2,14,15). The van der Waals surface area contributed by atoms with Gasteiger partial charge >= 0.3 is 0 Å². The maximum atomic E-state index is 5.69. The van der Waals surface area contributed by atoms with E-state index in [1.807, 2.05) is 24.3 Å². The number of nitrogens with zero attached hydrogens (tertiary/aromatic N) is 1. The van der Waals surface area contributed by atoms with Crippen molar-refractivity contribution in [1.82, 2.24) is 4.98 Å². The first-order chi connectivity index (χ1) is 8.26. The minimum Gasteiger partial charge on any atom is -0.496 e. The Morgan fingerprint density at radius 3 is 2.24 bits per heavy atom. The van der Waals surface area contributed by atoms with E-state index in [-0.39, 0.29) is 0 Å². The highest BCUT2D eigenvalue weighted by molar-refractivity contribution is 5.77. The lowest BCUT2D eigenvalue weighted by Gasteiger charge is -2.13. The molecule has 17 heavy (non-hydrogen) atoms. The summed E-state index contributed by atoms with van der Waals surface area (Å²) in [6, 6.07) is 9.31. The van der Waals surface area contributed by atoms with Gasteiger partial charge in [0, 0.05) is 6.20 Å². The molecule has 0 saturated carbocycles. The number of hydrogen-bond donors (Lipinski definition) is 1. The third kappa shape index (κ3) is 2.15. The number of nitrogen functional groups attached to an aromatic ring is 1. The summed E-state index contributed by atoms with van der Waals surface area (Å²) in [5.74, 6) is 1.96. The first kappa shape index (κ1) is 11.3. The van der Waals surface area contributed by atoms with Gasteiger partial charge in [0.1, 0.15) is 17.3 Å². The van der Waals surface area contributed by atoms with Crippen LogP contribution in [0, 0.1) is 0 Å². The molecular formula is C13H14N2O2. The van der Waals surface area contributed by atoms with Crippen molar-refractivity contribution >= 4 is 5.82 Å². The molecule has 1 heterocycles. The highest BCUT2D eigenvalue weighted by Gasteiger charge is 2.12. The molecule has 2 rings (SSSR count). The van der Waals surface area contributed by atoms with Crippen LogP contribution in [0.15, 0.2) is 36.5 Å². The maximum Gasteiger partial charge on any atom is 0.130 e. The normalized spacial score (nSPS) is 10.0. The molecule has 4 nitrogen and oxygen atoms in total. The second kappa shape index (κ2) is 4.74. The largest absolute Gasteiger partial charge is 0.496 e. The minimum atomic E-state index is 0.468. The lowest BCUT2D eigenvalue weighted by Crippen LogP contribution is -1.95. The molecule has 0 aliphatic rings. The quantitative estimate of drug-likeness (QED) is 0.879. The number of hydrogen-bond acceptors (Lipinski definition) is 4. The Morgan fingerprint density at radius 2 is 1.71 bits per heavy atom. The van der Waals surface area contributed by atoms with Gasteiger partial charge in [-0.3, -0.25) is 0 Å². The van der Waals surface area contributed by atoms with Gasteiger partial charge in [0.05, 0.1) is 19.8 Å². The highest BCUT2D eigenvalue weighted by atomic mass is 16.5. The van der Waals surface area contributed by atoms with E-state index in [0.29, 0.717) is 5.82 Å². The molecule has 2 N–H and O–H groups in total. The van der Waals surface area contributed by atoms with Gasteiger partial charge in [0.25, 0.3) is 0 Å². The Balaban J connectivity index is 2.64. The van der Waals surface area contributed by atoms with E-state index in [9.17, 15) is 0 Å². The number of anilines is 1. The molecule has 0 aliphatic heterocycles. The predicted molar refractivity (Wildman–Crippen MR) is 67.2 cm³/mol. The third-order valence-electron chi connectivity index (χ3n) is 2.50. The van der Waals surface area contributed by atoms with Crippen molar-refractivity contribution in [2.75, 3.05) is 20.0 Å². The van der Waals surface area contributed by atoms with Crippen molar-refractivity contribution in [3.8, 4) is 22.6 Å². The number of aromatic nitrogens is 1. The molecule has 0 bridgehead atoms. The SMILES string of the molecule is COc1cccc(OC)c1-c1ccnc(N)c1. The monoisotopic (exact) mass is 230 g/mol. The van der Waals surface area contributed by atoms with Crippen molar-refractivity contribution in [2.45, 2.75) is 0 Å². The fourth-order valence-corrected chi connectivity index (χ4v) is 1.74. The van der Waals surface area contributed by atoms with E-state index < -0.39 is 0 Å². The van der Waals surface area contributed by atoms with Gasteiger partial charge in [0.2, 0.25) is 0 Å². The molecule has 0 saturated heterocycles. The Labute approximate surface area is 100 Å². The van der Waals surface area contributed by atoms with E-state index in [0.717, 1.165) is 22.6 Å². The molecule has 1 aromatic carbocycles. The topological polar surface area (TPSA) is 57.4 Å². The first-order valence-electron chi connectivity index (χ1n) is 5.19. The number of methoxy groups -OCH3 is 2. The zero-order valence-electron chi connectivity index (χ0n) is 9.81. The van der Waals surface area contributed by atoms with Crippen LogP contribution in [-0.4, -0.2) is 19.2 Å². The zero-order chi connectivity index (χ0) is 12.3. The Morgan fingerprint density at radius 1 is 1.06 bits per heavy atom. The summed E-state index contributed by atoms with van der Waals surface area (Å²) in [5, 5.41) is 0. The van der Waals surface area contributed by atoms with Crippen molar-refractivity contribution in [3.63, 3.8) is 0 Å². The zero-order valence-corrected chi connectivity index (χ0v) is 9.81. The molecule has 4 heteroatoms. The molecule has 0 radical (unpaired) electrons. The van der Waals surface area contributed by atoms with Crippen LogP contribution in [0.3, 0.4) is 0 Å². The van der Waals surface area contributed by atoms with Gasteiger partial charge in [-0.05, 0) is 29.8 Å². The van der Waals surface area contributed by atoms with E-state index in [2.05, 4.69) is 4.98 Å². The molecule has 0 aliphatic carbocycles. The van der Waals surface area contributed by atoms with E-state index >= 15 is 0 Å². The summed E-state index contributed by atoms with van der Waals surface area (Å²) in [4.78, 5) is 3.97. The van der Waals surface area contributed by atoms with Crippen LogP contribution < -0.4 is 15.2 Å². The van der Waals surface area contributed by atoms with Gasteiger partial charge in [-0.2, -0.15) is 0 Å². The number of pyridine rings is 1. The smallest absolute Gasteiger partial charge is 0.130 e.